The molecule has 5 aromatic rings. The van der Waals surface area contributed by atoms with Gasteiger partial charge in [0, 0.05) is 23.8 Å². The van der Waals surface area contributed by atoms with Crippen LogP contribution in [-0.2, 0) is 30.4 Å². The van der Waals surface area contributed by atoms with E-state index in [4.69, 9.17) is 0 Å². The number of thiazole rings is 1. The van der Waals surface area contributed by atoms with Gasteiger partial charge in [0.2, 0.25) is 5.91 Å². The maximum absolute atomic E-state index is 13.0. The van der Waals surface area contributed by atoms with Gasteiger partial charge in [-0.2, -0.15) is 13.2 Å². The Morgan fingerprint density at radius 3 is 2.84 bits per heavy atom. The summed E-state index contributed by atoms with van der Waals surface area (Å²) < 4.78 is 39.9. The second-order valence-corrected chi connectivity index (χ2v) is 10.2. The van der Waals surface area contributed by atoms with Crippen molar-refractivity contribution in [2.24, 2.45) is 5.92 Å². The van der Waals surface area contributed by atoms with E-state index in [-0.39, 0.29) is 23.2 Å². The van der Waals surface area contributed by atoms with Gasteiger partial charge in [0.05, 0.1) is 21.2 Å². The molecule has 194 valence electrons. The SMILES string of the molecule is O=C(NCc1cccc(C(F)(F)F)c1)C1CCc2[nH]c3ncnc(Nc4ccc5[nH]c(=O)sc5c4)c3c2C1. The Morgan fingerprint density at radius 1 is 1.13 bits per heavy atom. The van der Waals surface area contributed by atoms with E-state index >= 15 is 0 Å². The van der Waals surface area contributed by atoms with E-state index < -0.39 is 11.7 Å². The molecule has 2 aromatic carbocycles. The Morgan fingerprint density at radius 2 is 2.00 bits per heavy atom. The summed E-state index contributed by atoms with van der Waals surface area (Å²) in [6.45, 7) is 0.0175. The molecular weight excluding hydrogens is 517 g/mol. The van der Waals surface area contributed by atoms with Crippen molar-refractivity contribution >= 4 is 50.0 Å². The van der Waals surface area contributed by atoms with Crippen molar-refractivity contribution in [3.63, 3.8) is 0 Å². The van der Waals surface area contributed by atoms with Crippen molar-refractivity contribution in [2.75, 3.05) is 5.32 Å². The topological polar surface area (TPSA) is 116 Å². The lowest BCUT2D eigenvalue weighted by Crippen LogP contribution is -2.33. The summed E-state index contributed by atoms with van der Waals surface area (Å²) in [5, 5.41) is 6.91. The number of H-pyrrole nitrogens is 2. The number of aromatic nitrogens is 4. The summed E-state index contributed by atoms with van der Waals surface area (Å²) >= 11 is 1.12. The molecule has 4 N–H and O–H groups in total. The molecule has 0 saturated carbocycles. The molecule has 1 aliphatic carbocycles. The molecule has 1 unspecified atom stereocenters. The highest BCUT2D eigenvalue weighted by Crippen LogP contribution is 2.36. The van der Waals surface area contributed by atoms with Crippen molar-refractivity contribution in [1.82, 2.24) is 25.3 Å². The largest absolute Gasteiger partial charge is 0.416 e. The Bertz CT molecular complexity index is 1740. The minimum absolute atomic E-state index is 0.0175. The second-order valence-electron chi connectivity index (χ2n) is 9.23. The van der Waals surface area contributed by atoms with Crippen molar-refractivity contribution in [3.8, 4) is 0 Å². The molecule has 12 heteroatoms. The number of hydrogen-bond donors (Lipinski definition) is 4. The zero-order valence-corrected chi connectivity index (χ0v) is 20.6. The predicted molar refractivity (Wildman–Crippen MR) is 138 cm³/mol. The number of amides is 1. The van der Waals surface area contributed by atoms with Gasteiger partial charge in [-0.25, -0.2) is 9.97 Å². The lowest BCUT2D eigenvalue weighted by molar-refractivity contribution is -0.137. The molecule has 3 aromatic heterocycles. The Balaban J connectivity index is 1.22. The molecular formula is C26H21F3N6O2S. The monoisotopic (exact) mass is 538 g/mol. The van der Waals surface area contributed by atoms with Crippen LogP contribution in [0, 0.1) is 5.92 Å². The molecule has 0 spiro atoms. The quantitative estimate of drug-likeness (QED) is 0.250. The molecule has 1 aliphatic rings. The number of benzene rings is 2. The lowest BCUT2D eigenvalue weighted by atomic mass is 9.86. The van der Waals surface area contributed by atoms with Crippen LogP contribution in [0.3, 0.4) is 0 Å². The summed E-state index contributed by atoms with van der Waals surface area (Å²) in [6.07, 6.45) is -1.29. The molecule has 0 radical (unpaired) electrons. The summed E-state index contributed by atoms with van der Waals surface area (Å²) in [4.78, 5) is 39.5. The van der Waals surface area contributed by atoms with Crippen molar-refractivity contribution in [3.05, 3.63) is 80.8 Å². The number of nitrogens with one attached hydrogen (secondary N) is 4. The average molecular weight is 539 g/mol. The first kappa shape index (κ1) is 24.2. The van der Waals surface area contributed by atoms with E-state index in [0.717, 1.165) is 56.0 Å². The lowest BCUT2D eigenvalue weighted by Gasteiger charge is -2.22. The van der Waals surface area contributed by atoms with Gasteiger partial charge in [0.15, 0.2) is 0 Å². The number of halogens is 3. The average Bonchev–Trinajstić information content (AvgIpc) is 3.46. The third-order valence-corrected chi connectivity index (χ3v) is 7.60. The molecule has 8 nitrogen and oxygen atoms in total. The zero-order chi connectivity index (χ0) is 26.4. The van der Waals surface area contributed by atoms with Crippen LogP contribution >= 0.6 is 11.3 Å². The molecule has 1 atom stereocenters. The molecule has 38 heavy (non-hydrogen) atoms. The number of nitrogens with zero attached hydrogens (tertiary/aromatic N) is 2. The van der Waals surface area contributed by atoms with Gasteiger partial charge in [-0.3, -0.25) is 9.59 Å². The smallest absolute Gasteiger partial charge is 0.352 e. The number of carbonyl (C=O) groups excluding carboxylic acids is 1. The van der Waals surface area contributed by atoms with Gasteiger partial charge in [-0.15, -0.1) is 0 Å². The van der Waals surface area contributed by atoms with E-state index in [1.807, 2.05) is 18.2 Å². The first-order valence-electron chi connectivity index (χ1n) is 11.9. The summed E-state index contributed by atoms with van der Waals surface area (Å²) in [7, 11) is 0. The van der Waals surface area contributed by atoms with E-state index in [1.165, 1.54) is 12.4 Å². The van der Waals surface area contributed by atoms with Crippen LogP contribution in [0.25, 0.3) is 21.3 Å². The van der Waals surface area contributed by atoms with Crippen LogP contribution in [0.1, 0.15) is 28.8 Å². The molecule has 0 aliphatic heterocycles. The molecule has 0 bridgehead atoms. The van der Waals surface area contributed by atoms with Crippen molar-refractivity contribution in [1.29, 1.82) is 0 Å². The number of rotatable bonds is 5. The van der Waals surface area contributed by atoms with Crippen molar-refractivity contribution in [2.45, 2.75) is 32.0 Å². The molecule has 6 rings (SSSR count). The fraction of sp³-hybridized carbons (Fsp3) is 0.231. The number of alkyl halides is 3. The first-order valence-corrected chi connectivity index (χ1v) is 12.7. The third kappa shape index (κ3) is 4.62. The fourth-order valence-corrected chi connectivity index (χ4v) is 5.69. The standard InChI is InChI=1S/C26H21F3N6O2S/c27-26(28,29)15-3-1-2-13(8-15)11-30-24(36)14-4-6-18-17(9-14)21-22(31-12-32-23(21)34-18)33-16-5-7-19-20(10-16)38-25(37)35-19/h1-3,5,7-8,10,12,14H,4,6,9,11H2,(H,30,36)(H,35,37)(H2,31,32,33,34). The molecule has 0 saturated heterocycles. The predicted octanol–water partition coefficient (Wildman–Crippen LogP) is 5.04. The van der Waals surface area contributed by atoms with Crippen molar-refractivity contribution < 1.29 is 18.0 Å². The molecule has 0 fully saturated rings. The summed E-state index contributed by atoms with van der Waals surface area (Å²) in [5.41, 5.74) is 3.76. The molecule has 3 heterocycles. The maximum atomic E-state index is 13.0. The highest BCUT2D eigenvalue weighted by Gasteiger charge is 2.31. The van der Waals surface area contributed by atoms with Gasteiger partial charge in [0.25, 0.3) is 0 Å². The van der Waals surface area contributed by atoms with Crippen LogP contribution in [-0.4, -0.2) is 25.8 Å². The van der Waals surface area contributed by atoms with Crippen LogP contribution in [0.2, 0.25) is 0 Å². The summed E-state index contributed by atoms with van der Waals surface area (Å²) in [6, 6.07) is 10.5. The number of aromatic amines is 2. The first-order chi connectivity index (χ1) is 18.2. The van der Waals surface area contributed by atoms with Gasteiger partial charge in [-0.05, 0) is 60.7 Å². The van der Waals surface area contributed by atoms with Crippen LogP contribution in [0.15, 0.2) is 53.6 Å². The highest BCUT2D eigenvalue weighted by molar-refractivity contribution is 7.16. The van der Waals surface area contributed by atoms with Gasteiger partial charge < -0.3 is 20.6 Å². The summed E-state index contributed by atoms with van der Waals surface area (Å²) in [5.74, 6) is 0.0372. The number of carbonyl (C=O) groups is 1. The normalized spacial score (nSPS) is 15.5. The van der Waals surface area contributed by atoms with E-state index in [0.29, 0.717) is 36.3 Å². The number of aryl methyl sites for hydroxylation is 1. The van der Waals surface area contributed by atoms with Crippen LogP contribution in [0.5, 0.6) is 0 Å². The number of hydrogen-bond acceptors (Lipinski definition) is 6. The van der Waals surface area contributed by atoms with Gasteiger partial charge >= 0.3 is 11.0 Å². The number of anilines is 2. The third-order valence-electron chi connectivity index (χ3n) is 6.75. The minimum Gasteiger partial charge on any atom is -0.352 e. The van der Waals surface area contributed by atoms with Crippen LogP contribution < -0.4 is 15.5 Å². The minimum atomic E-state index is -4.43. The number of fused-ring (bicyclic) bond motifs is 4. The fourth-order valence-electron chi connectivity index (χ4n) is 4.91. The molecule has 1 amide bonds. The van der Waals surface area contributed by atoms with E-state index in [1.54, 1.807) is 6.07 Å². The Kier molecular flexibility index (Phi) is 5.90. The van der Waals surface area contributed by atoms with E-state index in [2.05, 4.69) is 30.6 Å². The van der Waals surface area contributed by atoms with Gasteiger partial charge in [0.1, 0.15) is 17.8 Å². The maximum Gasteiger partial charge on any atom is 0.416 e. The van der Waals surface area contributed by atoms with Gasteiger partial charge in [-0.1, -0.05) is 23.5 Å². The zero-order valence-electron chi connectivity index (χ0n) is 19.8. The van der Waals surface area contributed by atoms with E-state index in [9.17, 15) is 22.8 Å². The Labute approximate surface area is 217 Å². The van der Waals surface area contributed by atoms with Crippen LogP contribution in [0.4, 0.5) is 24.7 Å². The Hall–Kier alpha value is -4.19. The second kappa shape index (κ2) is 9.28. The highest BCUT2D eigenvalue weighted by atomic mass is 32.1.